The molecule has 0 aromatic heterocycles. The maximum atomic E-state index is 6.00. The van der Waals surface area contributed by atoms with Crippen LogP contribution in [0.5, 0.6) is 0 Å². The molecule has 0 heterocycles. The van der Waals surface area contributed by atoms with Crippen LogP contribution in [0.4, 0.5) is 0 Å². The highest BCUT2D eigenvalue weighted by atomic mass is 35.5. The minimum absolute atomic E-state index is 0.624. The molecule has 104 valence electrons. The van der Waals surface area contributed by atoms with Crippen LogP contribution in [0.15, 0.2) is 41.5 Å². The summed E-state index contributed by atoms with van der Waals surface area (Å²) in [4.78, 5) is 0. The van der Waals surface area contributed by atoms with Gasteiger partial charge in [-0.1, -0.05) is 52.6 Å². The van der Waals surface area contributed by atoms with Crippen molar-refractivity contribution in [3.63, 3.8) is 0 Å². The van der Waals surface area contributed by atoms with Gasteiger partial charge in [0.15, 0.2) is 0 Å². The Morgan fingerprint density at radius 1 is 1.00 bits per heavy atom. The Morgan fingerprint density at radius 3 is 2.37 bits per heavy atom. The maximum absolute atomic E-state index is 6.00. The zero-order valence-electron chi connectivity index (χ0n) is 12.0. The molecule has 0 atom stereocenters. The van der Waals surface area contributed by atoms with Crippen molar-refractivity contribution in [2.24, 2.45) is 0 Å². The highest BCUT2D eigenvalue weighted by Gasteiger charge is 1.99. The topological polar surface area (TPSA) is 0 Å². The van der Waals surface area contributed by atoms with Crippen LogP contribution in [0.25, 0.3) is 0 Å². The van der Waals surface area contributed by atoms with Gasteiger partial charge in [-0.15, -0.1) is 0 Å². The molecule has 1 aromatic carbocycles. The minimum atomic E-state index is 0.624. The molecule has 0 aliphatic carbocycles. The monoisotopic (exact) mass is 296 g/mol. The third-order valence-electron chi connectivity index (χ3n) is 3.00. The lowest BCUT2D eigenvalue weighted by atomic mass is 10.1. The first-order valence-electron chi connectivity index (χ1n) is 6.72. The molecule has 0 nitrogen and oxygen atoms in total. The molecule has 1 rings (SSSR count). The van der Waals surface area contributed by atoms with Gasteiger partial charge in [0.05, 0.1) is 10.0 Å². The van der Waals surface area contributed by atoms with Gasteiger partial charge >= 0.3 is 0 Å². The zero-order valence-corrected chi connectivity index (χ0v) is 13.5. The number of hydrogen-bond acceptors (Lipinski definition) is 0. The average molecular weight is 297 g/mol. The van der Waals surface area contributed by atoms with E-state index in [0.29, 0.717) is 10.0 Å². The summed E-state index contributed by atoms with van der Waals surface area (Å²) in [6.45, 7) is 6.49. The highest BCUT2D eigenvalue weighted by Crippen LogP contribution is 2.23. The summed E-state index contributed by atoms with van der Waals surface area (Å²) in [5.41, 5.74) is 4.09. The Balaban J connectivity index is 2.39. The van der Waals surface area contributed by atoms with Crippen LogP contribution >= 0.6 is 23.2 Å². The third kappa shape index (κ3) is 6.84. The van der Waals surface area contributed by atoms with E-state index in [0.717, 1.165) is 25.7 Å². The summed E-state index contributed by atoms with van der Waals surface area (Å²) in [6.07, 6.45) is 8.96. The van der Waals surface area contributed by atoms with E-state index in [4.69, 9.17) is 23.2 Å². The van der Waals surface area contributed by atoms with Crippen molar-refractivity contribution >= 4 is 23.2 Å². The second-order valence-electron chi connectivity index (χ2n) is 5.16. The Morgan fingerprint density at radius 2 is 1.74 bits per heavy atom. The first-order valence-corrected chi connectivity index (χ1v) is 7.47. The summed E-state index contributed by atoms with van der Waals surface area (Å²) in [5, 5.41) is 1.27. The molecule has 0 fully saturated rings. The number of allylic oxidation sites excluding steroid dienone is 4. The van der Waals surface area contributed by atoms with Crippen molar-refractivity contribution in [3.05, 3.63) is 57.1 Å². The molecule has 0 amide bonds. The largest absolute Gasteiger partial charge is 0.0856 e. The van der Waals surface area contributed by atoms with Gasteiger partial charge in [0, 0.05) is 0 Å². The smallest absolute Gasteiger partial charge is 0.0595 e. The summed E-state index contributed by atoms with van der Waals surface area (Å²) in [7, 11) is 0. The van der Waals surface area contributed by atoms with Gasteiger partial charge in [-0.3, -0.25) is 0 Å². The van der Waals surface area contributed by atoms with Crippen LogP contribution in [-0.4, -0.2) is 0 Å². The molecule has 0 saturated heterocycles. The fourth-order valence-electron chi connectivity index (χ4n) is 1.87. The van der Waals surface area contributed by atoms with E-state index in [2.05, 4.69) is 32.9 Å². The van der Waals surface area contributed by atoms with Crippen LogP contribution in [0.3, 0.4) is 0 Å². The summed E-state index contributed by atoms with van der Waals surface area (Å²) in [6, 6.07) is 5.86. The molecule has 0 radical (unpaired) electrons. The molecular weight excluding hydrogens is 275 g/mol. The van der Waals surface area contributed by atoms with Gasteiger partial charge in [0.2, 0.25) is 0 Å². The Hall–Kier alpha value is -0.720. The Labute approximate surface area is 127 Å². The normalized spacial score (nSPS) is 11.5. The van der Waals surface area contributed by atoms with Crippen LogP contribution in [0.1, 0.15) is 45.6 Å². The standard InChI is InChI=1S/C17H22Cl2/c1-13(2)6-4-7-14(3)8-5-9-15-10-11-16(18)17(19)12-15/h6,8,10-12H,4-5,7,9H2,1-3H3. The van der Waals surface area contributed by atoms with Crippen molar-refractivity contribution in [3.8, 4) is 0 Å². The molecule has 0 N–H and O–H groups in total. The van der Waals surface area contributed by atoms with E-state index in [1.807, 2.05) is 18.2 Å². The number of halogens is 2. The zero-order chi connectivity index (χ0) is 14.3. The van der Waals surface area contributed by atoms with E-state index >= 15 is 0 Å². The van der Waals surface area contributed by atoms with E-state index in [1.165, 1.54) is 16.7 Å². The van der Waals surface area contributed by atoms with Crippen molar-refractivity contribution in [1.82, 2.24) is 0 Å². The summed E-state index contributed by atoms with van der Waals surface area (Å²) >= 11 is 11.9. The predicted molar refractivity (Wildman–Crippen MR) is 87.2 cm³/mol. The van der Waals surface area contributed by atoms with Crippen LogP contribution in [-0.2, 0) is 6.42 Å². The summed E-state index contributed by atoms with van der Waals surface area (Å²) in [5.74, 6) is 0. The Kier molecular flexibility index (Phi) is 7.27. The van der Waals surface area contributed by atoms with Gasteiger partial charge < -0.3 is 0 Å². The molecular formula is C17H22Cl2. The van der Waals surface area contributed by atoms with Crippen LogP contribution in [0.2, 0.25) is 10.0 Å². The third-order valence-corrected chi connectivity index (χ3v) is 3.74. The fourth-order valence-corrected chi connectivity index (χ4v) is 2.19. The molecule has 19 heavy (non-hydrogen) atoms. The molecule has 0 aliphatic heterocycles. The fraction of sp³-hybridized carbons (Fsp3) is 0.412. The summed E-state index contributed by atoms with van der Waals surface area (Å²) < 4.78 is 0. The van der Waals surface area contributed by atoms with E-state index in [-0.39, 0.29) is 0 Å². The number of aryl methyl sites for hydroxylation is 1. The van der Waals surface area contributed by atoms with Crippen molar-refractivity contribution in [1.29, 1.82) is 0 Å². The lowest BCUT2D eigenvalue weighted by Gasteiger charge is -2.02. The van der Waals surface area contributed by atoms with Gasteiger partial charge in [-0.25, -0.2) is 0 Å². The van der Waals surface area contributed by atoms with Gasteiger partial charge in [-0.05, 0) is 64.2 Å². The second-order valence-corrected chi connectivity index (χ2v) is 5.97. The van der Waals surface area contributed by atoms with Crippen molar-refractivity contribution < 1.29 is 0 Å². The second kappa shape index (κ2) is 8.45. The number of rotatable bonds is 6. The molecule has 0 bridgehead atoms. The van der Waals surface area contributed by atoms with Crippen molar-refractivity contribution in [2.45, 2.75) is 46.5 Å². The van der Waals surface area contributed by atoms with Crippen molar-refractivity contribution in [2.75, 3.05) is 0 Å². The lowest BCUT2D eigenvalue weighted by Crippen LogP contribution is -1.85. The van der Waals surface area contributed by atoms with Gasteiger partial charge in [0.25, 0.3) is 0 Å². The average Bonchev–Trinajstić information content (AvgIpc) is 2.33. The van der Waals surface area contributed by atoms with E-state index in [1.54, 1.807) is 0 Å². The molecule has 0 spiro atoms. The first-order chi connectivity index (χ1) is 8.99. The minimum Gasteiger partial charge on any atom is -0.0856 e. The van der Waals surface area contributed by atoms with Crippen LogP contribution in [0, 0.1) is 0 Å². The molecule has 2 heteroatoms. The highest BCUT2D eigenvalue weighted by molar-refractivity contribution is 6.42. The van der Waals surface area contributed by atoms with Gasteiger partial charge in [-0.2, -0.15) is 0 Å². The molecule has 0 unspecified atom stereocenters. The SMILES string of the molecule is CC(C)=CCCC(C)=CCCc1ccc(Cl)c(Cl)c1. The molecule has 0 aliphatic rings. The van der Waals surface area contributed by atoms with E-state index in [9.17, 15) is 0 Å². The number of hydrogen-bond donors (Lipinski definition) is 0. The number of benzene rings is 1. The molecule has 0 saturated carbocycles. The maximum Gasteiger partial charge on any atom is 0.0595 e. The first kappa shape index (κ1) is 16.3. The predicted octanol–water partition coefficient (Wildman–Crippen LogP) is 6.62. The van der Waals surface area contributed by atoms with Gasteiger partial charge in [0.1, 0.15) is 0 Å². The molecule has 1 aromatic rings. The Bertz CT molecular complexity index is 466. The van der Waals surface area contributed by atoms with Crippen LogP contribution < -0.4 is 0 Å². The lowest BCUT2D eigenvalue weighted by molar-refractivity contribution is 0.926. The quantitative estimate of drug-likeness (QED) is 0.518. The van der Waals surface area contributed by atoms with E-state index < -0.39 is 0 Å².